The molecule has 0 amide bonds. The summed E-state index contributed by atoms with van der Waals surface area (Å²) in [5, 5.41) is 4.21. The molecule has 2 aromatic carbocycles. The molecule has 0 saturated heterocycles. The number of aryl methyl sites for hydroxylation is 1. The van der Waals surface area contributed by atoms with Crippen LogP contribution in [0.15, 0.2) is 57.7 Å². The molecule has 0 saturated carbocycles. The van der Waals surface area contributed by atoms with Crippen molar-refractivity contribution < 1.29 is 8.81 Å². The second-order valence-corrected chi connectivity index (χ2v) is 5.79. The van der Waals surface area contributed by atoms with Gasteiger partial charge in [-0.3, -0.25) is 0 Å². The van der Waals surface area contributed by atoms with Crippen molar-refractivity contribution in [2.24, 2.45) is 0 Å². The highest BCUT2D eigenvalue weighted by molar-refractivity contribution is 5.80. The highest BCUT2D eigenvalue weighted by Crippen LogP contribution is 2.19. The Bertz CT molecular complexity index is 902. The largest absolute Gasteiger partial charge is 0.423 e. The Hall–Kier alpha value is -2.46. The summed E-state index contributed by atoms with van der Waals surface area (Å²) < 4.78 is 18.9. The summed E-state index contributed by atoms with van der Waals surface area (Å²) in [6, 6.07) is 14.2. The number of hydrogen-bond acceptors (Lipinski definition) is 3. The Morgan fingerprint density at radius 3 is 2.71 bits per heavy atom. The van der Waals surface area contributed by atoms with Crippen molar-refractivity contribution >= 4 is 11.0 Å². The number of hydrogen-bond donors (Lipinski definition) is 1. The Morgan fingerprint density at radius 2 is 1.92 bits per heavy atom. The van der Waals surface area contributed by atoms with Gasteiger partial charge in [-0.15, -0.1) is 0 Å². The minimum atomic E-state index is -0.346. The molecule has 3 aromatic rings. The van der Waals surface area contributed by atoms with Gasteiger partial charge in [0.2, 0.25) is 0 Å². The molecule has 4 heteroatoms. The normalized spacial score (nSPS) is 11.1. The maximum Gasteiger partial charge on any atom is 0.336 e. The zero-order chi connectivity index (χ0) is 16.9. The second-order valence-electron chi connectivity index (χ2n) is 5.79. The van der Waals surface area contributed by atoms with Crippen LogP contribution in [-0.4, -0.2) is 6.54 Å². The van der Waals surface area contributed by atoms with Gasteiger partial charge in [0.05, 0.1) is 0 Å². The number of halogens is 1. The van der Waals surface area contributed by atoms with Gasteiger partial charge >= 0.3 is 5.63 Å². The molecule has 0 aliphatic carbocycles. The topological polar surface area (TPSA) is 42.2 Å². The van der Waals surface area contributed by atoms with E-state index in [1.807, 2.05) is 24.3 Å². The van der Waals surface area contributed by atoms with Crippen molar-refractivity contribution in [3.63, 3.8) is 0 Å². The van der Waals surface area contributed by atoms with E-state index in [1.165, 1.54) is 12.1 Å². The summed E-state index contributed by atoms with van der Waals surface area (Å²) in [5.74, 6) is -0.183. The van der Waals surface area contributed by atoms with Gasteiger partial charge in [0.1, 0.15) is 11.4 Å². The summed E-state index contributed by atoms with van der Waals surface area (Å²) in [7, 11) is 0. The highest BCUT2D eigenvalue weighted by Gasteiger charge is 2.06. The third-order valence-corrected chi connectivity index (χ3v) is 4.15. The first-order valence-electron chi connectivity index (χ1n) is 8.17. The van der Waals surface area contributed by atoms with Crippen LogP contribution in [0.3, 0.4) is 0 Å². The van der Waals surface area contributed by atoms with Crippen LogP contribution in [0.2, 0.25) is 0 Å². The molecule has 0 aliphatic heterocycles. The number of benzene rings is 2. The van der Waals surface area contributed by atoms with Gasteiger partial charge in [-0.1, -0.05) is 37.3 Å². The molecule has 24 heavy (non-hydrogen) atoms. The van der Waals surface area contributed by atoms with E-state index in [2.05, 4.69) is 12.2 Å². The van der Waals surface area contributed by atoms with Gasteiger partial charge < -0.3 is 9.73 Å². The third-order valence-electron chi connectivity index (χ3n) is 4.15. The van der Waals surface area contributed by atoms with E-state index in [4.69, 9.17) is 4.42 Å². The van der Waals surface area contributed by atoms with Crippen molar-refractivity contribution in [3.05, 3.63) is 81.5 Å². The van der Waals surface area contributed by atoms with Crippen molar-refractivity contribution in [1.82, 2.24) is 5.32 Å². The Balaban J connectivity index is 1.71. The third kappa shape index (κ3) is 3.71. The summed E-state index contributed by atoms with van der Waals surface area (Å²) in [6.45, 7) is 3.24. The molecule has 0 aliphatic rings. The average molecular weight is 325 g/mol. The van der Waals surface area contributed by atoms with Gasteiger partial charge in [-0.05, 0) is 48.2 Å². The Labute approximate surface area is 140 Å². The highest BCUT2D eigenvalue weighted by atomic mass is 19.1. The molecule has 3 nitrogen and oxygen atoms in total. The molecule has 124 valence electrons. The summed E-state index contributed by atoms with van der Waals surface area (Å²) in [6.07, 6.45) is 1.50. The van der Waals surface area contributed by atoms with Gasteiger partial charge in [-0.2, -0.15) is 0 Å². The number of nitrogens with one attached hydrogen (secondary N) is 1. The first-order valence-corrected chi connectivity index (χ1v) is 8.17. The van der Waals surface area contributed by atoms with Gasteiger partial charge in [0.15, 0.2) is 0 Å². The van der Waals surface area contributed by atoms with Gasteiger partial charge in [0.25, 0.3) is 0 Å². The molecule has 1 N–H and O–H groups in total. The Kier molecular flexibility index (Phi) is 5.06. The van der Waals surface area contributed by atoms with Crippen molar-refractivity contribution in [3.8, 4) is 0 Å². The van der Waals surface area contributed by atoms with Crippen LogP contribution in [0.4, 0.5) is 4.39 Å². The first kappa shape index (κ1) is 16.4. The minimum absolute atomic E-state index is 0.183. The molecule has 0 radical (unpaired) electrons. The minimum Gasteiger partial charge on any atom is -0.423 e. The fourth-order valence-corrected chi connectivity index (χ4v) is 2.79. The summed E-state index contributed by atoms with van der Waals surface area (Å²) in [5.41, 5.74) is 3.00. The number of rotatable bonds is 6. The van der Waals surface area contributed by atoms with Crippen LogP contribution < -0.4 is 10.9 Å². The van der Waals surface area contributed by atoms with Crippen LogP contribution in [0, 0.1) is 5.82 Å². The number of fused-ring (bicyclic) bond motifs is 1. The van der Waals surface area contributed by atoms with Crippen molar-refractivity contribution in [2.75, 3.05) is 6.54 Å². The lowest BCUT2D eigenvalue weighted by Crippen LogP contribution is -2.18. The zero-order valence-corrected chi connectivity index (χ0v) is 13.6. The predicted molar refractivity (Wildman–Crippen MR) is 93.7 cm³/mol. The molecule has 1 aromatic heterocycles. The molecule has 1 heterocycles. The zero-order valence-electron chi connectivity index (χ0n) is 13.6. The molecule has 3 rings (SSSR count). The van der Waals surface area contributed by atoms with Crippen LogP contribution in [-0.2, 0) is 19.4 Å². The molecule has 0 unspecified atom stereocenters. The van der Waals surface area contributed by atoms with Crippen LogP contribution >= 0.6 is 0 Å². The molecular weight excluding hydrogens is 305 g/mol. The van der Waals surface area contributed by atoms with Gasteiger partial charge in [-0.25, -0.2) is 9.18 Å². The monoisotopic (exact) mass is 325 g/mol. The van der Waals surface area contributed by atoms with Crippen LogP contribution in [0.1, 0.15) is 23.6 Å². The van der Waals surface area contributed by atoms with E-state index in [9.17, 15) is 9.18 Å². The maximum atomic E-state index is 13.6. The van der Waals surface area contributed by atoms with Crippen molar-refractivity contribution in [1.29, 1.82) is 0 Å². The summed E-state index contributed by atoms with van der Waals surface area (Å²) in [4.78, 5) is 11.8. The van der Waals surface area contributed by atoms with Gasteiger partial charge in [0, 0.05) is 18.0 Å². The van der Waals surface area contributed by atoms with Crippen LogP contribution in [0.5, 0.6) is 0 Å². The fraction of sp³-hybridized carbons (Fsp3) is 0.250. The second kappa shape index (κ2) is 7.41. The summed E-state index contributed by atoms with van der Waals surface area (Å²) >= 11 is 0. The predicted octanol–water partition coefficient (Wildman–Crippen LogP) is 3.83. The molecule has 0 bridgehead atoms. The lowest BCUT2D eigenvalue weighted by Gasteiger charge is -2.09. The molecule has 0 atom stereocenters. The first-order chi connectivity index (χ1) is 11.7. The fourth-order valence-electron chi connectivity index (χ4n) is 2.79. The lowest BCUT2D eigenvalue weighted by atomic mass is 10.1. The Morgan fingerprint density at radius 1 is 1.08 bits per heavy atom. The maximum absolute atomic E-state index is 13.6. The van der Waals surface area contributed by atoms with E-state index in [0.29, 0.717) is 30.7 Å². The molecule has 0 spiro atoms. The SMILES string of the molecule is CCc1ccc2c(CNCCc3ccccc3F)cc(=O)oc2c1. The molecule has 0 fully saturated rings. The van der Waals surface area contributed by atoms with E-state index >= 15 is 0 Å². The van der Waals surface area contributed by atoms with E-state index < -0.39 is 0 Å². The van der Waals surface area contributed by atoms with Crippen molar-refractivity contribution in [2.45, 2.75) is 26.3 Å². The lowest BCUT2D eigenvalue weighted by molar-refractivity contribution is 0.555. The molecular formula is C20H20FNO2. The average Bonchev–Trinajstić information content (AvgIpc) is 2.59. The van der Waals surface area contributed by atoms with Crippen LogP contribution in [0.25, 0.3) is 11.0 Å². The standard InChI is InChI=1S/C20H20FNO2/c1-2-14-7-8-17-16(12-20(23)24-19(17)11-14)13-22-10-9-15-5-3-4-6-18(15)21/h3-8,11-12,22H,2,9-10,13H2,1H3. The van der Waals surface area contributed by atoms with E-state index in [-0.39, 0.29) is 11.4 Å². The van der Waals surface area contributed by atoms with E-state index in [0.717, 1.165) is 22.9 Å². The van der Waals surface area contributed by atoms with E-state index in [1.54, 1.807) is 12.1 Å². The quantitative estimate of drug-likeness (QED) is 0.553. The smallest absolute Gasteiger partial charge is 0.336 e.